The number of piperazine rings is 1. The van der Waals surface area contributed by atoms with Gasteiger partial charge < -0.3 is 19.9 Å². The Labute approximate surface area is 230 Å². The summed E-state index contributed by atoms with van der Waals surface area (Å²) in [5.74, 6) is -0.510. The van der Waals surface area contributed by atoms with E-state index in [1.165, 1.54) is 19.3 Å². The summed E-state index contributed by atoms with van der Waals surface area (Å²) in [6.45, 7) is 10.9. The highest BCUT2D eigenvalue weighted by Crippen LogP contribution is 2.35. The number of benzene rings is 1. The van der Waals surface area contributed by atoms with Gasteiger partial charge in [-0.05, 0) is 55.2 Å². The molecule has 208 valence electrons. The number of rotatable bonds is 7. The Morgan fingerprint density at radius 1 is 1.11 bits per heavy atom. The monoisotopic (exact) mass is 542 g/mol. The van der Waals surface area contributed by atoms with Gasteiger partial charge in [-0.1, -0.05) is 27.2 Å². The first-order valence-corrected chi connectivity index (χ1v) is 15.3. The fourth-order valence-electron chi connectivity index (χ4n) is 6.22. The number of fused-ring (bicyclic) bond motifs is 1. The lowest BCUT2D eigenvalue weighted by molar-refractivity contribution is -0.138. The minimum Gasteiger partial charge on any atom is -0.369 e. The summed E-state index contributed by atoms with van der Waals surface area (Å²) >= 11 is 1.62. The number of Topliss-reactive ketones (excluding diaryl/α,β-unsaturated/α-hetero) is 1. The van der Waals surface area contributed by atoms with Crippen molar-refractivity contribution < 1.29 is 19.1 Å². The molecule has 0 unspecified atom stereocenters. The third-order valence-electron chi connectivity index (χ3n) is 8.54. The lowest BCUT2D eigenvalue weighted by Crippen LogP contribution is -2.53. The van der Waals surface area contributed by atoms with E-state index < -0.39 is 12.1 Å². The number of nitrogens with one attached hydrogen (secondary N) is 1. The number of likely N-dealkylation sites (tertiary alicyclic amines) is 1. The van der Waals surface area contributed by atoms with E-state index in [1.54, 1.807) is 16.7 Å². The van der Waals surface area contributed by atoms with E-state index in [4.69, 9.17) is 4.74 Å². The van der Waals surface area contributed by atoms with Crippen molar-refractivity contribution in [1.29, 1.82) is 0 Å². The minimum absolute atomic E-state index is 0.0500. The Morgan fingerprint density at radius 2 is 1.79 bits per heavy atom. The summed E-state index contributed by atoms with van der Waals surface area (Å²) in [6, 6.07) is 7.25. The highest BCUT2D eigenvalue weighted by atomic mass is 32.2. The molecular formula is C29H42N4O4S. The second-order valence-corrected chi connectivity index (χ2v) is 13.5. The number of ketones is 1. The Bertz CT molecular complexity index is 1030. The van der Waals surface area contributed by atoms with E-state index in [-0.39, 0.29) is 41.0 Å². The van der Waals surface area contributed by atoms with Crippen LogP contribution < -0.4 is 10.2 Å². The molecule has 0 aromatic heterocycles. The van der Waals surface area contributed by atoms with Gasteiger partial charge in [0.15, 0.2) is 5.78 Å². The number of thioether (sulfide) groups is 1. The lowest BCUT2D eigenvalue weighted by atomic mass is 9.87. The largest absolute Gasteiger partial charge is 0.369 e. The zero-order chi connectivity index (χ0) is 27.0. The van der Waals surface area contributed by atoms with E-state index in [9.17, 15) is 14.4 Å². The Balaban J connectivity index is 1.24. The van der Waals surface area contributed by atoms with E-state index in [0.29, 0.717) is 18.5 Å². The molecule has 4 aliphatic rings. The van der Waals surface area contributed by atoms with Crippen LogP contribution in [0, 0.1) is 5.41 Å². The predicted molar refractivity (Wildman–Crippen MR) is 151 cm³/mol. The van der Waals surface area contributed by atoms with Crippen molar-refractivity contribution in [2.24, 2.45) is 5.41 Å². The summed E-state index contributed by atoms with van der Waals surface area (Å²) in [5, 5.41) is 3.07. The number of carbonyl (C=O) groups is 3. The molecule has 4 fully saturated rings. The van der Waals surface area contributed by atoms with Crippen LogP contribution in [0.3, 0.4) is 0 Å². The maximum Gasteiger partial charge on any atom is 0.251 e. The maximum absolute atomic E-state index is 13.8. The van der Waals surface area contributed by atoms with Gasteiger partial charge >= 0.3 is 0 Å². The number of amides is 2. The average Bonchev–Trinajstić information content (AvgIpc) is 3.42. The number of carbonyl (C=O) groups excluding carboxylic acids is 3. The summed E-state index contributed by atoms with van der Waals surface area (Å²) in [5.41, 5.74) is 1.48. The Hall–Kier alpha value is -2.10. The summed E-state index contributed by atoms with van der Waals surface area (Å²) in [4.78, 5) is 46.4. The molecular weight excluding hydrogens is 500 g/mol. The first-order chi connectivity index (χ1) is 18.1. The van der Waals surface area contributed by atoms with Crippen LogP contribution in [-0.4, -0.2) is 102 Å². The first-order valence-electron chi connectivity index (χ1n) is 14.0. The molecule has 8 nitrogen and oxygen atoms in total. The fourth-order valence-corrected chi connectivity index (χ4v) is 7.03. The lowest BCUT2D eigenvalue weighted by Gasteiger charge is -2.43. The second-order valence-electron chi connectivity index (χ2n) is 12.4. The Kier molecular flexibility index (Phi) is 8.08. The maximum atomic E-state index is 13.8. The second kappa shape index (κ2) is 11.2. The molecule has 1 N–H and O–H groups in total. The van der Waals surface area contributed by atoms with Gasteiger partial charge in [0, 0.05) is 50.0 Å². The molecule has 0 bridgehead atoms. The molecule has 0 radical (unpaired) electrons. The molecule has 38 heavy (non-hydrogen) atoms. The molecule has 0 spiro atoms. The molecule has 2 amide bonds. The topological polar surface area (TPSA) is 82.2 Å². The number of anilines is 1. The van der Waals surface area contributed by atoms with Crippen molar-refractivity contribution in [2.45, 2.75) is 75.9 Å². The van der Waals surface area contributed by atoms with Gasteiger partial charge in [-0.15, -0.1) is 0 Å². The van der Waals surface area contributed by atoms with Crippen LogP contribution in [0.15, 0.2) is 24.3 Å². The Morgan fingerprint density at radius 3 is 2.37 bits per heavy atom. The molecule has 3 heterocycles. The highest BCUT2D eigenvalue weighted by Gasteiger charge is 2.53. The number of nitrogens with zero attached hydrogens (tertiary/aromatic N) is 3. The van der Waals surface area contributed by atoms with E-state index in [2.05, 4.69) is 35.9 Å². The predicted octanol–water partition coefficient (Wildman–Crippen LogP) is 2.81. The van der Waals surface area contributed by atoms with Gasteiger partial charge in [-0.25, -0.2) is 0 Å². The van der Waals surface area contributed by atoms with Gasteiger partial charge in [0.25, 0.3) is 5.91 Å². The average molecular weight is 543 g/mol. The van der Waals surface area contributed by atoms with Crippen molar-refractivity contribution >= 4 is 35.0 Å². The van der Waals surface area contributed by atoms with Crippen LogP contribution in [0.25, 0.3) is 0 Å². The van der Waals surface area contributed by atoms with Gasteiger partial charge in [0.05, 0.1) is 11.4 Å². The third-order valence-corrected chi connectivity index (χ3v) is 9.57. The van der Waals surface area contributed by atoms with Crippen LogP contribution >= 0.6 is 11.8 Å². The SMILES string of the molecule is CS[C@H]1CN(C(=O)[C@H](CC(C)(C)C)NC(=O)c2ccc(N3CCN(C4CCC4)CC3)cc2)[C@@H]2C(=O)CO[C@H]12. The molecule has 3 saturated heterocycles. The van der Waals surface area contributed by atoms with Crippen molar-refractivity contribution in [3.63, 3.8) is 0 Å². The van der Waals surface area contributed by atoms with Gasteiger partial charge in [0.1, 0.15) is 18.7 Å². The molecule has 1 aromatic carbocycles. The standard InChI is InChI=1S/C29H42N4O4S/c1-29(2,3)16-22(28(36)33-17-24(38-4)26-25(33)23(34)18-37-26)30-27(35)19-8-10-21(11-9-19)32-14-12-31(13-15-32)20-6-5-7-20/h8-11,20,22,24-26H,5-7,12-18H2,1-4H3,(H,30,35)/t22-,24-,25+,26+/m0/s1. The van der Waals surface area contributed by atoms with Crippen LogP contribution in [0.1, 0.15) is 56.8 Å². The zero-order valence-electron chi connectivity index (χ0n) is 23.2. The molecule has 5 rings (SSSR count). The number of ether oxygens (including phenoxy) is 1. The highest BCUT2D eigenvalue weighted by molar-refractivity contribution is 7.99. The minimum atomic E-state index is -0.712. The van der Waals surface area contributed by atoms with E-state index >= 15 is 0 Å². The van der Waals surface area contributed by atoms with Crippen LogP contribution in [0.4, 0.5) is 5.69 Å². The van der Waals surface area contributed by atoms with E-state index in [0.717, 1.165) is 37.9 Å². The first kappa shape index (κ1) is 27.5. The third kappa shape index (κ3) is 5.75. The van der Waals surface area contributed by atoms with Gasteiger partial charge in [-0.3, -0.25) is 19.3 Å². The van der Waals surface area contributed by atoms with Crippen molar-refractivity contribution in [3.8, 4) is 0 Å². The fraction of sp³-hybridized carbons (Fsp3) is 0.690. The van der Waals surface area contributed by atoms with Crippen molar-refractivity contribution in [2.75, 3.05) is 50.5 Å². The van der Waals surface area contributed by atoms with Gasteiger partial charge in [-0.2, -0.15) is 11.8 Å². The summed E-state index contributed by atoms with van der Waals surface area (Å²) < 4.78 is 5.73. The van der Waals surface area contributed by atoms with Crippen molar-refractivity contribution in [3.05, 3.63) is 29.8 Å². The molecule has 3 aliphatic heterocycles. The molecule has 1 aromatic rings. The number of hydrogen-bond donors (Lipinski definition) is 1. The quantitative estimate of drug-likeness (QED) is 0.568. The van der Waals surface area contributed by atoms with Crippen molar-refractivity contribution in [1.82, 2.24) is 15.1 Å². The summed E-state index contributed by atoms with van der Waals surface area (Å²) in [7, 11) is 0. The molecule has 9 heteroatoms. The number of hydrogen-bond acceptors (Lipinski definition) is 7. The smallest absolute Gasteiger partial charge is 0.251 e. The van der Waals surface area contributed by atoms with E-state index in [1.807, 2.05) is 30.5 Å². The van der Waals surface area contributed by atoms with Crippen LogP contribution in [0.5, 0.6) is 0 Å². The van der Waals surface area contributed by atoms with Crippen LogP contribution in [0.2, 0.25) is 0 Å². The van der Waals surface area contributed by atoms with Crippen LogP contribution in [-0.2, 0) is 14.3 Å². The zero-order valence-corrected chi connectivity index (χ0v) is 24.0. The summed E-state index contributed by atoms with van der Waals surface area (Å²) in [6.07, 6.45) is 6.23. The van der Waals surface area contributed by atoms with Gasteiger partial charge in [0.2, 0.25) is 5.91 Å². The molecule has 4 atom stereocenters. The molecule has 1 saturated carbocycles. The molecule has 1 aliphatic carbocycles. The normalized spacial score (nSPS) is 27.3.